The van der Waals surface area contributed by atoms with Crippen LogP contribution in [0.3, 0.4) is 0 Å². The van der Waals surface area contributed by atoms with E-state index in [0.717, 1.165) is 7.11 Å². The second kappa shape index (κ2) is 94.0. The molecule has 0 unspecified atom stereocenters. The van der Waals surface area contributed by atoms with Crippen molar-refractivity contribution in [2.24, 2.45) is 0 Å². The third-order valence-corrected chi connectivity index (χ3v) is 0.673. The maximum absolute atomic E-state index is 11.8. The number of halogens is 2. The molecule has 0 aromatic rings. The van der Waals surface area contributed by atoms with Gasteiger partial charge >= 0.3 is 61.7 Å². The zero-order chi connectivity index (χ0) is 16.6. The van der Waals surface area contributed by atoms with E-state index in [9.17, 15) is 4.39 Å². The van der Waals surface area contributed by atoms with Crippen LogP contribution in [-0.4, -0.2) is 7.11 Å². The van der Waals surface area contributed by atoms with Gasteiger partial charge in [0.05, 0.1) is 13.7 Å². The van der Waals surface area contributed by atoms with E-state index in [-0.39, 0.29) is 17.4 Å². The topological polar surface area (TPSA) is 113 Å². The summed E-state index contributed by atoms with van der Waals surface area (Å²) < 4.78 is 53.3. The molecule has 0 saturated carbocycles. The van der Waals surface area contributed by atoms with E-state index >= 15 is 0 Å². The molecule has 0 aliphatic heterocycles. The Hall–Kier alpha value is -1.52. The quantitative estimate of drug-likeness (QED) is 0.310. The standard InChI is InChI=1S/C4H3ClFNO.5CO.Cr/c1-7-3(5)4(6)8-2;5*1-2;/h2H3;;;;;;/b4-3-;;;;;;. The molecule has 0 heterocycles. The number of hydrogen-bond donors (Lipinski definition) is 0. The largest absolute Gasteiger partial charge is 0 e. The zero-order valence-corrected chi connectivity index (χ0v) is 11.1. The van der Waals surface area contributed by atoms with Crippen LogP contribution in [-0.2, 0) is 45.4 Å². The number of methoxy groups -OCH3 is 1. The maximum Gasteiger partial charge on any atom is 0 e. The SMILES string of the molecule is [C-]#[N+]/C(Cl)=C(/F)OC.[C-]#[O+].[C-]#[O+].[C-]#[O+].[C-]#[O+].[C-]#[O+].[Cr]. The van der Waals surface area contributed by atoms with E-state index in [4.69, 9.17) is 41.4 Å². The van der Waals surface area contributed by atoms with Crippen LogP contribution in [0.2, 0.25) is 0 Å². The van der Waals surface area contributed by atoms with Crippen molar-refractivity contribution in [3.63, 3.8) is 0 Å². The van der Waals surface area contributed by atoms with Crippen molar-refractivity contribution < 1.29 is 49.7 Å². The summed E-state index contributed by atoms with van der Waals surface area (Å²) in [6.45, 7) is 28.7. The van der Waals surface area contributed by atoms with Crippen LogP contribution in [0, 0.1) is 39.8 Å². The summed E-state index contributed by atoms with van der Waals surface area (Å²) in [5, 5.41) is -0.576. The van der Waals surface area contributed by atoms with Crippen LogP contribution in [0.4, 0.5) is 4.39 Å². The molecule has 19 heavy (non-hydrogen) atoms. The molecule has 0 aliphatic rings. The van der Waals surface area contributed by atoms with Crippen LogP contribution >= 0.6 is 11.6 Å². The predicted molar refractivity (Wildman–Crippen MR) is 47.2 cm³/mol. The molecule has 0 saturated heterocycles. The molecular weight excluding hydrogens is 325 g/mol. The molecule has 0 aliphatic carbocycles. The first-order chi connectivity index (χ1) is 8.72. The molecule has 100 valence electrons. The van der Waals surface area contributed by atoms with E-state index in [1.807, 2.05) is 0 Å². The van der Waals surface area contributed by atoms with E-state index in [1.54, 1.807) is 0 Å². The molecule has 0 spiro atoms. The first-order valence-corrected chi connectivity index (χ1v) is 3.09. The Balaban J connectivity index is -0.0000000223. The average molecular weight is 328 g/mol. The van der Waals surface area contributed by atoms with Gasteiger partial charge in [0.1, 0.15) is 0 Å². The van der Waals surface area contributed by atoms with E-state index in [2.05, 4.69) is 42.8 Å². The molecule has 0 radical (unpaired) electrons. The fourth-order valence-corrected chi connectivity index (χ4v) is 0.205. The monoisotopic (exact) mass is 327 g/mol. The number of nitrogens with zero attached hydrogens (tertiary/aromatic N) is 1. The fourth-order valence-electron chi connectivity index (χ4n) is 0.128. The van der Waals surface area contributed by atoms with Crippen molar-refractivity contribution in [3.8, 4) is 0 Å². The van der Waals surface area contributed by atoms with Gasteiger partial charge in [-0.3, -0.25) is 0 Å². The number of rotatable bonds is 1. The summed E-state index contributed by atoms with van der Waals surface area (Å²) in [6.07, 6.45) is 0. The molecule has 7 nitrogen and oxygen atoms in total. The second-order valence-corrected chi connectivity index (χ2v) is 1.24. The third kappa shape index (κ3) is 82.3. The molecule has 0 N–H and O–H groups in total. The van der Waals surface area contributed by atoms with Crippen LogP contribution < -0.4 is 0 Å². The van der Waals surface area contributed by atoms with Crippen LogP contribution in [0.15, 0.2) is 11.2 Å². The minimum atomic E-state index is -1.04. The average Bonchev–Trinajstić information content (AvgIpc) is 2.55. The van der Waals surface area contributed by atoms with Crippen molar-refractivity contribution in [2.45, 2.75) is 0 Å². The molecule has 0 rings (SSSR count). The summed E-state index contributed by atoms with van der Waals surface area (Å²) in [5.41, 5.74) is 0. The fraction of sp³-hybridized carbons (Fsp3) is 0.111. The van der Waals surface area contributed by atoms with Gasteiger partial charge in [-0.1, -0.05) is 0 Å². The summed E-state index contributed by atoms with van der Waals surface area (Å²) >= 11 is 4.94. The van der Waals surface area contributed by atoms with E-state index in [0.29, 0.717) is 0 Å². The van der Waals surface area contributed by atoms with Gasteiger partial charge < -0.3 is 4.74 Å². The van der Waals surface area contributed by atoms with Crippen LogP contribution in [0.5, 0.6) is 0 Å². The smallest absolute Gasteiger partial charge is 0 e. The minimum Gasteiger partial charge on any atom is 0 e. The number of hydrogen-bond acceptors (Lipinski definition) is 1. The van der Waals surface area contributed by atoms with Gasteiger partial charge in [0.2, 0.25) is 0 Å². The van der Waals surface area contributed by atoms with Crippen molar-refractivity contribution >= 4 is 11.6 Å². The van der Waals surface area contributed by atoms with Gasteiger partial charge in [-0.05, 0) is 0 Å². The van der Waals surface area contributed by atoms with Gasteiger partial charge in [-0.25, -0.2) is 4.85 Å². The Morgan fingerprint density at radius 2 is 1.16 bits per heavy atom. The summed E-state index contributed by atoms with van der Waals surface area (Å²) in [7, 11) is 1.10. The predicted octanol–water partition coefficient (Wildman–Crippen LogP) is 1.70. The van der Waals surface area contributed by atoms with Gasteiger partial charge in [0, 0.05) is 17.4 Å². The second-order valence-electron chi connectivity index (χ2n) is 0.880. The Kier molecular flexibility index (Phi) is 214. The Morgan fingerprint density at radius 3 is 1.21 bits per heavy atom. The first-order valence-electron chi connectivity index (χ1n) is 2.71. The van der Waals surface area contributed by atoms with Gasteiger partial charge in [-0.2, -0.15) is 4.39 Å². The Labute approximate surface area is 124 Å². The van der Waals surface area contributed by atoms with Crippen molar-refractivity contribution in [3.05, 3.63) is 55.8 Å². The molecule has 0 atom stereocenters. The molecule has 10 heteroatoms. The summed E-state index contributed by atoms with van der Waals surface area (Å²) in [6, 6.07) is -1.04. The molecular formula is C9H3ClCrFNO6. The van der Waals surface area contributed by atoms with Gasteiger partial charge in [0.15, 0.2) is 0 Å². The van der Waals surface area contributed by atoms with Crippen molar-refractivity contribution in [1.29, 1.82) is 0 Å². The Morgan fingerprint density at radius 1 is 0.947 bits per heavy atom. The molecule has 0 bridgehead atoms. The molecule has 0 amide bonds. The van der Waals surface area contributed by atoms with Gasteiger partial charge in [-0.15, -0.1) is 11.6 Å². The van der Waals surface area contributed by atoms with Crippen LogP contribution in [0.1, 0.15) is 0 Å². The summed E-state index contributed by atoms with van der Waals surface area (Å²) in [4.78, 5) is 2.55. The third-order valence-electron chi connectivity index (χ3n) is 0.440. The minimum absolute atomic E-state index is 0. The van der Waals surface area contributed by atoms with Crippen molar-refractivity contribution in [2.75, 3.05) is 7.11 Å². The molecule has 0 aromatic heterocycles. The molecule has 0 fully saturated rings. The van der Waals surface area contributed by atoms with Crippen LogP contribution in [0.25, 0.3) is 4.85 Å². The van der Waals surface area contributed by atoms with E-state index in [1.165, 1.54) is 0 Å². The Bertz CT molecular complexity index is 293. The molecule has 0 aromatic carbocycles. The van der Waals surface area contributed by atoms with Crippen molar-refractivity contribution in [1.82, 2.24) is 0 Å². The number of ether oxygens (including phenoxy) is 1. The normalized spacial score (nSPS) is 5.47. The zero-order valence-electron chi connectivity index (χ0n) is 9.06. The maximum atomic E-state index is 11.8. The first kappa shape index (κ1) is 43.2. The van der Waals surface area contributed by atoms with E-state index < -0.39 is 11.2 Å². The summed E-state index contributed by atoms with van der Waals surface area (Å²) in [5.74, 6) is 0. The van der Waals surface area contributed by atoms with Gasteiger partial charge in [0.25, 0.3) is 6.01 Å².